The van der Waals surface area contributed by atoms with Gasteiger partial charge in [0.15, 0.2) is 0 Å². The number of hydrogen-bond donors (Lipinski definition) is 2. The highest BCUT2D eigenvalue weighted by molar-refractivity contribution is 9.12. The predicted octanol–water partition coefficient (Wildman–Crippen LogP) is 5.36. The minimum absolute atomic E-state index is 0.834. The molecule has 128 valence electrons. The van der Waals surface area contributed by atoms with Crippen LogP contribution in [0.4, 0.5) is 0 Å². The summed E-state index contributed by atoms with van der Waals surface area (Å²) >= 11 is 3.21. The Morgan fingerprint density at radius 1 is 0.704 bits per heavy atom. The topological polar surface area (TPSA) is 57.4 Å². The molecule has 5 heterocycles. The highest BCUT2D eigenvalue weighted by Crippen LogP contribution is 2.20. The second kappa shape index (κ2) is 6.42. The normalized spacial score (nSPS) is 12.0. The minimum atomic E-state index is 0.834. The molecule has 0 amide bonds. The average molecular weight is 413 g/mol. The highest BCUT2D eigenvalue weighted by Gasteiger charge is 2.06. The molecule has 0 saturated heterocycles. The summed E-state index contributed by atoms with van der Waals surface area (Å²) in [5.74, 6) is 3.11. The molecular weight excluding hydrogens is 400 g/mol. The number of hydrogen-bond acceptors (Lipinski definition) is 2. The van der Waals surface area contributed by atoms with Crippen LogP contribution in [-0.2, 0) is 0 Å². The predicted molar refractivity (Wildman–Crippen MR) is 115 cm³/mol. The van der Waals surface area contributed by atoms with Gasteiger partial charge in [-0.05, 0) is 71.6 Å². The zero-order valence-corrected chi connectivity index (χ0v) is 15.7. The third-order valence-corrected chi connectivity index (χ3v) is 4.59. The van der Waals surface area contributed by atoms with Gasteiger partial charge in [0.1, 0.15) is 0 Å². The Labute approximate surface area is 163 Å². The van der Waals surface area contributed by atoms with Crippen LogP contribution in [0.25, 0.3) is 46.4 Å². The van der Waals surface area contributed by atoms with Gasteiger partial charge in [0.2, 0.25) is 0 Å². The number of aromatic nitrogens is 4. The van der Waals surface area contributed by atoms with Gasteiger partial charge in [-0.1, -0.05) is 5.92 Å². The fourth-order valence-electron chi connectivity index (χ4n) is 3.19. The van der Waals surface area contributed by atoms with E-state index in [9.17, 15) is 0 Å². The van der Waals surface area contributed by atoms with Crippen LogP contribution in [0.3, 0.4) is 0 Å². The van der Waals surface area contributed by atoms with Crippen molar-refractivity contribution in [1.29, 1.82) is 0 Å². The van der Waals surface area contributed by atoms with E-state index in [2.05, 4.69) is 41.6 Å². The highest BCUT2D eigenvalue weighted by atomic mass is 79.9. The third kappa shape index (κ3) is 3.12. The van der Waals surface area contributed by atoms with E-state index in [1.54, 1.807) is 0 Å². The molecule has 0 spiro atoms. The largest absolute Gasteiger partial charge is 0.355 e. The molecule has 2 aliphatic rings. The van der Waals surface area contributed by atoms with Crippen molar-refractivity contribution in [2.24, 2.45) is 0 Å². The van der Waals surface area contributed by atoms with E-state index < -0.39 is 0 Å². The van der Waals surface area contributed by atoms with E-state index in [-0.39, 0.29) is 0 Å². The first-order valence-electron chi connectivity index (χ1n) is 8.46. The molecule has 0 saturated carbocycles. The fourth-order valence-corrected chi connectivity index (χ4v) is 3.39. The van der Waals surface area contributed by atoms with Crippen LogP contribution < -0.4 is 0 Å². The van der Waals surface area contributed by atoms with Gasteiger partial charge in [0.25, 0.3) is 0 Å². The molecule has 0 radical (unpaired) electrons. The first-order valence-corrected chi connectivity index (χ1v) is 9.25. The molecule has 3 aromatic rings. The van der Waals surface area contributed by atoms with E-state index >= 15 is 0 Å². The van der Waals surface area contributed by atoms with Gasteiger partial charge >= 0.3 is 0 Å². The Hall–Kier alpha value is -3.36. The van der Waals surface area contributed by atoms with Crippen molar-refractivity contribution in [2.45, 2.75) is 0 Å². The molecule has 0 unspecified atom stereocenters. The van der Waals surface area contributed by atoms with Gasteiger partial charge in [-0.25, -0.2) is 9.97 Å². The number of aromatic amines is 2. The van der Waals surface area contributed by atoms with Crippen LogP contribution in [0.15, 0.2) is 42.5 Å². The Balaban J connectivity index is 1.90. The Morgan fingerprint density at radius 2 is 1.30 bits per heavy atom. The molecule has 5 rings (SSSR count). The maximum Gasteiger partial charge on any atom is 0.0815 e. The van der Waals surface area contributed by atoms with E-state index in [1.165, 1.54) is 0 Å². The Morgan fingerprint density at radius 3 is 2.00 bits per heavy atom. The van der Waals surface area contributed by atoms with Crippen molar-refractivity contribution >= 4 is 62.3 Å². The van der Waals surface area contributed by atoms with Crippen LogP contribution in [0.2, 0.25) is 0 Å². The smallest absolute Gasteiger partial charge is 0.0815 e. The summed E-state index contributed by atoms with van der Waals surface area (Å²) in [5, 5.41) is 0. The number of halogens is 1. The van der Waals surface area contributed by atoms with Crippen molar-refractivity contribution in [3.8, 4) is 10.8 Å². The zero-order chi connectivity index (χ0) is 18.2. The summed E-state index contributed by atoms with van der Waals surface area (Å²) in [5.41, 5.74) is 8.27. The van der Waals surface area contributed by atoms with Crippen molar-refractivity contribution in [1.82, 2.24) is 19.9 Å². The summed E-state index contributed by atoms with van der Waals surface area (Å²) in [4.78, 5) is 19.0. The molecule has 0 fully saturated rings. The van der Waals surface area contributed by atoms with E-state index in [0.29, 0.717) is 0 Å². The van der Waals surface area contributed by atoms with Crippen molar-refractivity contribution in [3.05, 3.63) is 70.8 Å². The molecule has 0 aliphatic carbocycles. The lowest BCUT2D eigenvalue weighted by atomic mass is 10.2. The lowest BCUT2D eigenvalue weighted by Gasteiger charge is -1.92. The summed E-state index contributed by atoms with van der Waals surface area (Å²) < 4.78 is 0. The molecule has 2 N–H and O–H groups in total. The van der Waals surface area contributed by atoms with E-state index in [0.717, 1.165) is 50.4 Å². The molecule has 5 heteroatoms. The molecular formula is C22H13BrN4. The number of nitrogens with one attached hydrogen (secondary N) is 2. The van der Waals surface area contributed by atoms with Gasteiger partial charge in [-0.2, -0.15) is 0 Å². The molecule has 2 aliphatic heterocycles. The molecule has 0 atom stereocenters. The van der Waals surface area contributed by atoms with Gasteiger partial charge < -0.3 is 9.97 Å². The number of rotatable bonds is 0. The van der Waals surface area contributed by atoms with Crippen LogP contribution in [0.1, 0.15) is 28.3 Å². The van der Waals surface area contributed by atoms with Crippen molar-refractivity contribution < 1.29 is 0 Å². The maximum absolute atomic E-state index is 4.73. The Kier molecular flexibility index (Phi) is 3.77. The zero-order valence-electron chi connectivity index (χ0n) is 14.1. The number of H-pyrrole nitrogens is 2. The SMILES string of the molecule is BrC#Cc1c2nc(cc3ccc(cc4nc(cc5ccc1[nH]5)C=C4)[nH]3)C=C2. The molecule has 3 aromatic heterocycles. The standard InChI is InChI=1S/C22H13BrN4/c23-10-9-20-21-7-5-18(26-21)12-16-3-1-14(24-16)11-15-2-4-17(25-15)13-19-6-8-22(20)27-19/h1-8,11-13,24,27H. The number of fused-ring (bicyclic) bond motifs is 8. The van der Waals surface area contributed by atoms with Gasteiger partial charge in [0.05, 0.1) is 33.9 Å². The van der Waals surface area contributed by atoms with E-state index in [4.69, 9.17) is 4.98 Å². The minimum Gasteiger partial charge on any atom is -0.355 e. The summed E-state index contributed by atoms with van der Waals surface area (Å²) in [6, 6.07) is 14.2. The van der Waals surface area contributed by atoms with Gasteiger partial charge in [-0.3, -0.25) is 0 Å². The number of nitrogens with zero attached hydrogens (tertiary/aromatic N) is 2. The lowest BCUT2D eigenvalue weighted by molar-refractivity contribution is 1.30. The first-order chi connectivity index (χ1) is 13.3. The van der Waals surface area contributed by atoms with Gasteiger partial charge in [-0.15, -0.1) is 0 Å². The lowest BCUT2D eigenvalue weighted by Crippen LogP contribution is -1.83. The second-order valence-electron chi connectivity index (χ2n) is 6.27. The second-order valence-corrected chi connectivity index (χ2v) is 6.67. The van der Waals surface area contributed by atoms with Crippen LogP contribution in [0, 0.1) is 10.8 Å². The van der Waals surface area contributed by atoms with Crippen LogP contribution in [-0.4, -0.2) is 19.9 Å². The van der Waals surface area contributed by atoms with Crippen LogP contribution in [0.5, 0.6) is 0 Å². The van der Waals surface area contributed by atoms with Gasteiger partial charge in [0, 0.05) is 32.5 Å². The van der Waals surface area contributed by atoms with E-state index in [1.807, 2.05) is 66.8 Å². The fraction of sp³-hybridized carbons (Fsp3) is 0. The first kappa shape index (κ1) is 15.9. The average Bonchev–Trinajstić information content (AvgIpc) is 3.43. The summed E-state index contributed by atoms with van der Waals surface area (Å²) in [7, 11) is 0. The monoisotopic (exact) mass is 412 g/mol. The molecule has 8 bridgehead atoms. The molecule has 27 heavy (non-hydrogen) atoms. The third-order valence-electron chi connectivity index (χ3n) is 4.39. The van der Waals surface area contributed by atoms with Crippen molar-refractivity contribution in [3.63, 3.8) is 0 Å². The van der Waals surface area contributed by atoms with Crippen molar-refractivity contribution in [2.75, 3.05) is 0 Å². The summed E-state index contributed by atoms with van der Waals surface area (Å²) in [6.07, 6.45) is 8.00. The maximum atomic E-state index is 4.73. The summed E-state index contributed by atoms with van der Waals surface area (Å²) in [6.45, 7) is 0. The van der Waals surface area contributed by atoms with Crippen LogP contribution >= 0.6 is 15.9 Å². The molecule has 0 aromatic carbocycles. The Bertz CT molecular complexity index is 1340. The molecule has 4 nitrogen and oxygen atoms in total. The quantitative estimate of drug-likeness (QED) is 0.336.